The van der Waals surface area contributed by atoms with Gasteiger partial charge in [0.05, 0.1) is 16.7 Å². The lowest BCUT2D eigenvalue weighted by atomic mass is 10.2. The lowest BCUT2D eigenvalue weighted by Crippen LogP contribution is -2.25. The summed E-state index contributed by atoms with van der Waals surface area (Å²) in [5, 5.41) is 10.6. The molecule has 1 N–H and O–H groups in total. The summed E-state index contributed by atoms with van der Waals surface area (Å²) < 4.78 is 19.6. The molecule has 6 nitrogen and oxygen atoms in total. The van der Waals surface area contributed by atoms with E-state index in [9.17, 15) is 14.1 Å². The van der Waals surface area contributed by atoms with Gasteiger partial charge in [-0.3, -0.25) is 4.79 Å². The molecule has 0 fully saturated rings. The van der Waals surface area contributed by atoms with Crippen LogP contribution in [0, 0.1) is 0 Å². The van der Waals surface area contributed by atoms with Crippen molar-refractivity contribution in [2.45, 2.75) is 23.7 Å². The Morgan fingerprint density at radius 1 is 0.967 bits per heavy atom. The topological polar surface area (TPSA) is 84.6 Å². The minimum absolute atomic E-state index is 0.0513. The highest BCUT2D eigenvalue weighted by molar-refractivity contribution is 7.92. The molecule has 0 saturated heterocycles. The van der Waals surface area contributed by atoms with Gasteiger partial charge < -0.3 is 5.11 Å². The van der Waals surface area contributed by atoms with Crippen LogP contribution in [0.4, 0.5) is 0 Å². The maximum atomic E-state index is 14.2. The van der Waals surface area contributed by atoms with E-state index in [1.54, 1.807) is 48.5 Å². The predicted molar refractivity (Wildman–Crippen MR) is 117 cm³/mol. The molecule has 0 aliphatic carbocycles. The lowest BCUT2D eigenvalue weighted by molar-refractivity contribution is 0.183. The van der Waals surface area contributed by atoms with Crippen molar-refractivity contribution >= 4 is 20.6 Å². The number of fused-ring (bicyclic) bond motifs is 1. The molecule has 0 saturated carbocycles. The number of hydrogen-bond donors (Lipinski definition) is 1. The maximum Gasteiger partial charge on any atom is 0.282 e. The molecular formula is C23H21N3O3S. The first kappa shape index (κ1) is 20.0. The molecule has 4 rings (SSSR count). The van der Waals surface area contributed by atoms with Crippen molar-refractivity contribution in [3.8, 4) is 0 Å². The van der Waals surface area contributed by atoms with Crippen molar-refractivity contribution in [1.82, 2.24) is 9.66 Å². The fourth-order valence-corrected chi connectivity index (χ4v) is 5.18. The Balaban J connectivity index is 2.03. The molecule has 7 heteroatoms. The SMILES string of the molecule is C[C@H](O)c1nc2ccccc2c(=O)n1N=[S@](=O)(Cc1ccccc1)c1ccccc1. The second kappa shape index (κ2) is 8.22. The van der Waals surface area contributed by atoms with E-state index in [-0.39, 0.29) is 11.6 Å². The molecule has 0 aliphatic rings. The highest BCUT2D eigenvalue weighted by atomic mass is 32.2. The fraction of sp³-hybridized carbons (Fsp3) is 0.130. The number of aliphatic hydroxyl groups is 1. The number of hydrogen-bond acceptors (Lipinski definition) is 5. The van der Waals surface area contributed by atoms with Crippen LogP contribution < -0.4 is 5.56 Å². The van der Waals surface area contributed by atoms with E-state index in [2.05, 4.69) is 9.46 Å². The summed E-state index contributed by atoms with van der Waals surface area (Å²) >= 11 is 0. The molecule has 1 aromatic heterocycles. The summed E-state index contributed by atoms with van der Waals surface area (Å²) in [5.74, 6) is 0.173. The van der Waals surface area contributed by atoms with Crippen molar-refractivity contribution in [3.05, 3.63) is 107 Å². The molecule has 0 bridgehead atoms. The van der Waals surface area contributed by atoms with Crippen molar-refractivity contribution in [3.63, 3.8) is 0 Å². The molecule has 2 atom stereocenters. The van der Waals surface area contributed by atoms with Crippen LogP contribution in [-0.4, -0.2) is 19.0 Å². The molecule has 4 aromatic rings. The third kappa shape index (κ3) is 3.90. The van der Waals surface area contributed by atoms with Crippen LogP contribution in [0.25, 0.3) is 10.9 Å². The largest absolute Gasteiger partial charge is 0.385 e. The van der Waals surface area contributed by atoms with Crippen molar-refractivity contribution < 1.29 is 9.32 Å². The van der Waals surface area contributed by atoms with E-state index in [0.29, 0.717) is 15.8 Å². The first-order chi connectivity index (χ1) is 14.5. The number of rotatable bonds is 5. The maximum absolute atomic E-state index is 14.2. The van der Waals surface area contributed by atoms with Gasteiger partial charge >= 0.3 is 0 Å². The Bertz CT molecular complexity index is 1360. The summed E-state index contributed by atoms with van der Waals surface area (Å²) in [6.07, 6.45) is -1.07. The Morgan fingerprint density at radius 3 is 2.23 bits per heavy atom. The Hall–Kier alpha value is -3.29. The molecule has 152 valence electrons. The van der Waals surface area contributed by atoms with Gasteiger partial charge in [-0.15, -0.1) is 4.47 Å². The highest BCUT2D eigenvalue weighted by Gasteiger charge is 2.20. The van der Waals surface area contributed by atoms with Gasteiger partial charge in [0.25, 0.3) is 5.56 Å². The monoisotopic (exact) mass is 419 g/mol. The highest BCUT2D eigenvalue weighted by Crippen LogP contribution is 2.21. The van der Waals surface area contributed by atoms with Crippen LogP contribution in [0.15, 0.2) is 99.1 Å². The van der Waals surface area contributed by atoms with Gasteiger partial charge in [0, 0.05) is 4.90 Å². The van der Waals surface area contributed by atoms with E-state index in [4.69, 9.17) is 0 Å². The molecule has 1 heterocycles. The van der Waals surface area contributed by atoms with Gasteiger partial charge in [0.15, 0.2) is 5.82 Å². The van der Waals surface area contributed by atoms with E-state index in [1.807, 2.05) is 36.4 Å². The van der Waals surface area contributed by atoms with E-state index >= 15 is 0 Å². The third-order valence-corrected chi connectivity index (χ3v) is 6.84. The Labute approximate surface area is 174 Å². The zero-order valence-corrected chi connectivity index (χ0v) is 17.2. The van der Waals surface area contributed by atoms with Gasteiger partial charge in [-0.25, -0.2) is 9.19 Å². The zero-order valence-electron chi connectivity index (χ0n) is 16.4. The normalized spacial score (nSPS) is 14.2. The van der Waals surface area contributed by atoms with Crippen molar-refractivity contribution in [2.24, 2.45) is 4.47 Å². The number of aliphatic hydroxyl groups excluding tert-OH is 1. The second-order valence-electron chi connectivity index (χ2n) is 6.95. The van der Waals surface area contributed by atoms with Crippen molar-refractivity contribution in [2.75, 3.05) is 0 Å². The Kier molecular flexibility index (Phi) is 5.48. The first-order valence-corrected chi connectivity index (χ1v) is 11.2. The van der Waals surface area contributed by atoms with E-state index in [0.717, 1.165) is 10.2 Å². The minimum atomic E-state index is -3.08. The number of nitrogens with zero attached hydrogens (tertiary/aromatic N) is 3. The summed E-state index contributed by atoms with van der Waals surface area (Å²) in [6.45, 7) is 1.50. The third-order valence-electron chi connectivity index (χ3n) is 4.68. The molecule has 0 aliphatic heterocycles. The lowest BCUT2D eigenvalue weighted by Gasteiger charge is -2.15. The summed E-state index contributed by atoms with van der Waals surface area (Å²) in [6, 6.07) is 25.1. The van der Waals surface area contributed by atoms with Gasteiger partial charge in [-0.2, -0.15) is 4.68 Å². The van der Waals surface area contributed by atoms with Gasteiger partial charge in [-0.1, -0.05) is 60.7 Å². The summed E-state index contributed by atoms with van der Waals surface area (Å²) in [5.41, 5.74) is 0.822. The number of para-hydroxylation sites is 1. The average molecular weight is 420 g/mol. The Morgan fingerprint density at radius 2 is 1.57 bits per heavy atom. The smallest absolute Gasteiger partial charge is 0.282 e. The van der Waals surface area contributed by atoms with E-state index in [1.165, 1.54) is 6.92 Å². The second-order valence-corrected chi connectivity index (χ2v) is 9.15. The minimum Gasteiger partial charge on any atom is -0.385 e. The molecule has 0 unspecified atom stereocenters. The molecule has 0 spiro atoms. The molecule has 0 radical (unpaired) electrons. The van der Waals surface area contributed by atoms with Crippen LogP contribution in [0.3, 0.4) is 0 Å². The molecule has 30 heavy (non-hydrogen) atoms. The van der Waals surface area contributed by atoms with Gasteiger partial charge in [0.1, 0.15) is 15.8 Å². The standard InChI is InChI=1S/C23H21N3O3S/c1-17(27)22-24-21-15-9-8-14-20(21)23(28)26(22)25-30(29,19-12-6-3-7-13-19)16-18-10-4-2-5-11-18/h2-15,17,27H,16H2,1H3/t17-,30-/m0/s1. The predicted octanol–water partition coefficient (Wildman–Crippen LogP) is 3.94. The van der Waals surface area contributed by atoms with Crippen LogP contribution >= 0.6 is 0 Å². The fourth-order valence-electron chi connectivity index (χ4n) is 3.21. The van der Waals surface area contributed by atoms with E-state index < -0.39 is 21.4 Å². The summed E-state index contributed by atoms with van der Waals surface area (Å²) in [7, 11) is -3.08. The quantitative estimate of drug-likeness (QED) is 0.531. The molecular weight excluding hydrogens is 398 g/mol. The van der Waals surface area contributed by atoms with Gasteiger partial charge in [-0.05, 0) is 36.8 Å². The van der Waals surface area contributed by atoms with Crippen LogP contribution in [0.2, 0.25) is 0 Å². The van der Waals surface area contributed by atoms with Crippen LogP contribution in [0.1, 0.15) is 24.4 Å². The number of benzene rings is 3. The van der Waals surface area contributed by atoms with Crippen molar-refractivity contribution in [1.29, 1.82) is 0 Å². The zero-order chi connectivity index (χ0) is 21.1. The molecule has 0 amide bonds. The van der Waals surface area contributed by atoms with Crippen LogP contribution in [0.5, 0.6) is 0 Å². The van der Waals surface area contributed by atoms with Gasteiger partial charge in [0.2, 0.25) is 0 Å². The summed E-state index contributed by atoms with van der Waals surface area (Å²) in [4.78, 5) is 18.1. The molecule has 3 aromatic carbocycles. The average Bonchev–Trinajstić information content (AvgIpc) is 2.77. The number of aromatic nitrogens is 2. The first-order valence-electron chi connectivity index (χ1n) is 9.52. The van der Waals surface area contributed by atoms with Crippen LogP contribution in [-0.2, 0) is 15.5 Å².